The highest BCUT2D eigenvalue weighted by Crippen LogP contribution is 2.36. The molecule has 1 aliphatic heterocycles. The first-order chi connectivity index (χ1) is 7.15. The number of aliphatic carboxylic acids is 1. The number of piperidine rings is 1. The molecule has 0 saturated carbocycles. The van der Waals surface area contributed by atoms with Crippen molar-refractivity contribution in [1.82, 2.24) is 5.32 Å². The topological polar surface area (TPSA) is 49.3 Å². The fourth-order valence-electron chi connectivity index (χ4n) is 1.95. The normalized spacial score (nSPS) is 26.5. The van der Waals surface area contributed by atoms with Crippen LogP contribution in [-0.2, 0) is 10.3 Å². The average Bonchev–Trinajstić information content (AvgIpc) is 2.66. The molecular weight excluding hydrogens is 234 g/mol. The maximum absolute atomic E-state index is 11.4. The van der Waals surface area contributed by atoms with Crippen LogP contribution in [0.15, 0.2) is 12.1 Å². The zero-order valence-electron chi connectivity index (χ0n) is 8.12. The van der Waals surface area contributed by atoms with E-state index < -0.39 is 11.5 Å². The minimum Gasteiger partial charge on any atom is -0.480 e. The lowest BCUT2D eigenvalue weighted by Gasteiger charge is -2.33. The summed E-state index contributed by atoms with van der Waals surface area (Å²) in [6.45, 7) is 0.752. The number of hydrogen-bond acceptors (Lipinski definition) is 3. The molecule has 0 spiro atoms. The molecule has 1 aliphatic rings. The van der Waals surface area contributed by atoms with Gasteiger partial charge in [0.25, 0.3) is 0 Å². The predicted molar refractivity (Wildman–Crippen MR) is 60.5 cm³/mol. The molecule has 1 saturated heterocycles. The highest BCUT2D eigenvalue weighted by atomic mass is 35.5. The number of carbonyl (C=O) groups is 1. The van der Waals surface area contributed by atoms with Gasteiger partial charge in [-0.2, -0.15) is 0 Å². The largest absolute Gasteiger partial charge is 0.480 e. The Balaban J connectivity index is 2.37. The van der Waals surface area contributed by atoms with Gasteiger partial charge in [0.05, 0.1) is 4.34 Å². The van der Waals surface area contributed by atoms with Crippen molar-refractivity contribution >= 4 is 28.9 Å². The molecule has 2 heterocycles. The minimum absolute atomic E-state index is 0.637. The van der Waals surface area contributed by atoms with Crippen LogP contribution < -0.4 is 5.32 Å². The second-order valence-electron chi connectivity index (χ2n) is 3.70. The van der Waals surface area contributed by atoms with E-state index in [1.54, 1.807) is 12.1 Å². The Bertz CT molecular complexity index is 371. The zero-order valence-corrected chi connectivity index (χ0v) is 9.70. The van der Waals surface area contributed by atoms with Gasteiger partial charge in [0.1, 0.15) is 0 Å². The zero-order chi connectivity index (χ0) is 10.9. The summed E-state index contributed by atoms with van der Waals surface area (Å²) in [5.41, 5.74) is -0.907. The van der Waals surface area contributed by atoms with Crippen LogP contribution >= 0.6 is 22.9 Å². The van der Waals surface area contributed by atoms with Gasteiger partial charge in [0.2, 0.25) is 0 Å². The quantitative estimate of drug-likeness (QED) is 0.842. The predicted octanol–water partition coefficient (Wildman–Crippen LogP) is 2.45. The maximum Gasteiger partial charge on any atom is 0.329 e. The molecule has 2 rings (SSSR count). The summed E-state index contributed by atoms with van der Waals surface area (Å²) in [6.07, 6.45) is 2.61. The van der Waals surface area contributed by atoms with Gasteiger partial charge in [0, 0.05) is 4.88 Å². The Morgan fingerprint density at radius 1 is 1.53 bits per heavy atom. The number of carboxylic acids is 1. The molecule has 0 radical (unpaired) electrons. The summed E-state index contributed by atoms with van der Waals surface area (Å²) in [7, 11) is 0. The number of carboxylic acid groups (broad SMARTS) is 1. The van der Waals surface area contributed by atoms with E-state index in [-0.39, 0.29) is 0 Å². The van der Waals surface area contributed by atoms with Crippen molar-refractivity contribution < 1.29 is 9.90 Å². The molecule has 0 aromatic carbocycles. The highest BCUT2D eigenvalue weighted by Gasteiger charge is 2.42. The van der Waals surface area contributed by atoms with Crippen LogP contribution in [0.1, 0.15) is 24.1 Å². The van der Waals surface area contributed by atoms with Crippen molar-refractivity contribution in [2.75, 3.05) is 6.54 Å². The fraction of sp³-hybridized carbons (Fsp3) is 0.500. The van der Waals surface area contributed by atoms with E-state index in [0.717, 1.165) is 24.3 Å². The Morgan fingerprint density at radius 2 is 2.33 bits per heavy atom. The third-order valence-electron chi connectivity index (χ3n) is 2.76. The lowest BCUT2D eigenvalue weighted by molar-refractivity contribution is -0.146. The van der Waals surface area contributed by atoms with Crippen molar-refractivity contribution in [3.05, 3.63) is 21.3 Å². The molecule has 82 valence electrons. The Labute approximate surface area is 97.1 Å². The van der Waals surface area contributed by atoms with Gasteiger partial charge in [-0.1, -0.05) is 11.6 Å². The number of rotatable bonds is 2. The molecule has 3 nitrogen and oxygen atoms in total. The Kier molecular flexibility index (Phi) is 3.00. The molecule has 1 aromatic rings. The molecule has 1 aromatic heterocycles. The molecule has 0 bridgehead atoms. The van der Waals surface area contributed by atoms with E-state index in [9.17, 15) is 9.90 Å². The summed E-state index contributed by atoms with van der Waals surface area (Å²) in [5.74, 6) is -0.805. The van der Waals surface area contributed by atoms with Gasteiger partial charge in [-0.3, -0.25) is 5.32 Å². The standard InChI is InChI=1S/C10H12ClNO2S/c11-8-4-3-7(15-8)10(9(13)14)5-1-2-6-12-10/h3-4,12H,1-2,5-6H2,(H,13,14). The number of thiophene rings is 1. The second-order valence-corrected chi connectivity index (χ2v) is 5.41. The number of nitrogens with one attached hydrogen (secondary N) is 1. The summed E-state index contributed by atoms with van der Waals surface area (Å²) < 4.78 is 0.637. The van der Waals surface area contributed by atoms with E-state index in [0.29, 0.717) is 10.8 Å². The minimum atomic E-state index is -0.907. The molecule has 15 heavy (non-hydrogen) atoms. The third kappa shape index (κ3) is 1.89. The monoisotopic (exact) mass is 245 g/mol. The van der Waals surface area contributed by atoms with Crippen LogP contribution in [0.2, 0.25) is 4.34 Å². The first-order valence-corrected chi connectivity index (χ1v) is 6.09. The van der Waals surface area contributed by atoms with Crippen LogP contribution in [0.3, 0.4) is 0 Å². The SMILES string of the molecule is O=C(O)C1(c2ccc(Cl)s2)CCCCN1. The van der Waals surface area contributed by atoms with E-state index in [1.807, 2.05) is 0 Å². The Morgan fingerprint density at radius 3 is 2.80 bits per heavy atom. The van der Waals surface area contributed by atoms with Crippen molar-refractivity contribution in [2.24, 2.45) is 0 Å². The van der Waals surface area contributed by atoms with Crippen LogP contribution in [0.25, 0.3) is 0 Å². The lowest BCUT2D eigenvalue weighted by atomic mass is 9.87. The van der Waals surface area contributed by atoms with Crippen LogP contribution in [0.4, 0.5) is 0 Å². The maximum atomic E-state index is 11.4. The van der Waals surface area contributed by atoms with Crippen LogP contribution in [0, 0.1) is 0 Å². The lowest BCUT2D eigenvalue weighted by Crippen LogP contribution is -2.51. The van der Waals surface area contributed by atoms with Gasteiger partial charge in [-0.15, -0.1) is 11.3 Å². The fourth-order valence-corrected chi connectivity index (χ4v) is 3.18. The molecule has 1 atom stereocenters. The van der Waals surface area contributed by atoms with E-state index in [2.05, 4.69) is 5.32 Å². The van der Waals surface area contributed by atoms with Gasteiger partial charge < -0.3 is 5.11 Å². The number of hydrogen-bond donors (Lipinski definition) is 2. The van der Waals surface area contributed by atoms with Crippen molar-refractivity contribution in [1.29, 1.82) is 0 Å². The van der Waals surface area contributed by atoms with Gasteiger partial charge in [-0.25, -0.2) is 4.79 Å². The first-order valence-electron chi connectivity index (χ1n) is 4.89. The summed E-state index contributed by atoms with van der Waals surface area (Å²) in [5, 5.41) is 12.5. The van der Waals surface area contributed by atoms with Crippen LogP contribution in [-0.4, -0.2) is 17.6 Å². The first kappa shape index (κ1) is 10.9. The van der Waals surface area contributed by atoms with E-state index in [4.69, 9.17) is 11.6 Å². The molecule has 5 heteroatoms. The van der Waals surface area contributed by atoms with Crippen molar-refractivity contribution in [3.8, 4) is 0 Å². The molecule has 1 fully saturated rings. The summed E-state index contributed by atoms with van der Waals surface area (Å²) >= 11 is 7.19. The smallest absolute Gasteiger partial charge is 0.329 e. The van der Waals surface area contributed by atoms with E-state index >= 15 is 0 Å². The Hall–Kier alpha value is -0.580. The molecule has 0 aliphatic carbocycles. The summed E-state index contributed by atoms with van der Waals surface area (Å²) in [4.78, 5) is 12.2. The van der Waals surface area contributed by atoms with Gasteiger partial charge in [-0.05, 0) is 37.9 Å². The molecule has 1 unspecified atom stereocenters. The van der Waals surface area contributed by atoms with Crippen molar-refractivity contribution in [3.63, 3.8) is 0 Å². The molecular formula is C10H12ClNO2S. The van der Waals surface area contributed by atoms with E-state index in [1.165, 1.54) is 11.3 Å². The van der Waals surface area contributed by atoms with Crippen LogP contribution in [0.5, 0.6) is 0 Å². The third-order valence-corrected chi connectivity index (χ3v) is 4.16. The van der Waals surface area contributed by atoms with Crippen molar-refractivity contribution in [2.45, 2.75) is 24.8 Å². The second kappa shape index (κ2) is 4.12. The molecule has 0 amide bonds. The average molecular weight is 246 g/mol. The summed E-state index contributed by atoms with van der Waals surface area (Å²) in [6, 6.07) is 3.56. The van der Waals surface area contributed by atoms with Gasteiger partial charge in [0.15, 0.2) is 5.54 Å². The molecule has 2 N–H and O–H groups in total. The highest BCUT2D eigenvalue weighted by molar-refractivity contribution is 7.16. The number of halogens is 1. The van der Waals surface area contributed by atoms with Gasteiger partial charge >= 0.3 is 5.97 Å².